The SMILES string of the molecule is CNC(=S)N/N=C(\C)c1ccc(O)cc1O. The Labute approximate surface area is 98.8 Å². The van der Waals surface area contributed by atoms with E-state index in [1.54, 1.807) is 20.0 Å². The van der Waals surface area contributed by atoms with Crippen LogP contribution in [-0.2, 0) is 0 Å². The lowest BCUT2D eigenvalue weighted by Gasteiger charge is -2.06. The highest BCUT2D eigenvalue weighted by Crippen LogP contribution is 2.22. The molecule has 0 radical (unpaired) electrons. The molecule has 0 saturated carbocycles. The van der Waals surface area contributed by atoms with Gasteiger partial charge in [-0.1, -0.05) is 0 Å². The molecule has 0 heterocycles. The monoisotopic (exact) mass is 239 g/mol. The van der Waals surface area contributed by atoms with Crippen molar-refractivity contribution in [3.63, 3.8) is 0 Å². The highest BCUT2D eigenvalue weighted by molar-refractivity contribution is 7.80. The summed E-state index contributed by atoms with van der Waals surface area (Å²) in [6.45, 7) is 1.72. The molecule has 5 nitrogen and oxygen atoms in total. The maximum Gasteiger partial charge on any atom is 0.186 e. The highest BCUT2D eigenvalue weighted by atomic mass is 32.1. The highest BCUT2D eigenvalue weighted by Gasteiger charge is 2.05. The third-order valence-electron chi connectivity index (χ3n) is 1.92. The van der Waals surface area contributed by atoms with E-state index in [0.29, 0.717) is 16.4 Å². The molecule has 0 unspecified atom stereocenters. The first-order valence-electron chi connectivity index (χ1n) is 4.59. The first-order valence-corrected chi connectivity index (χ1v) is 4.99. The molecule has 1 rings (SSSR count). The van der Waals surface area contributed by atoms with E-state index in [1.165, 1.54) is 12.1 Å². The molecule has 0 amide bonds. The Balaban J connectivity index is 2.87. The second kappa shape index (κ2) is 5.32. The fraction of sp³-hybridized carbons (Fsp3) is 0.200. The number of nitrogens with zero attached hydrogens (tertiary/aromatic N) is 1. The van der Waals surface area contributed by atoms with Crippen molar-refractivity contribution in [2.75, 3.05) is 7.05 Å². The number of hydrogen-bond acceptors (Lipinski definition) is 4. The number of benzene rings is 1. The van der Waals surface area contributed by atoms with Crippen LogP contribution in [0.15, 0.2) is 23.3 Å². The van der Waals surface area contributed by atoms with E-state index in [4.69, 9.17) is 17.3 Å². The van der Waals surface area contributed by atoms with Crippen LogP contribution in [0.3, 0.4) is 0 Å². The number of phenolic OH excluding ortho intramolecular Hbond substituents is 2. The van der Waals surface area contributed by atoms with Crippen molar-refractivity contribution in [1.29, 1.82) is 0 Å². The first kappa shape index (κ1) is 12.3. The van der Waals surface area contributed by atoms with Crippen molar-refractivity contribution in [3.05, 3.63) is 23.8 Å². The summed E-state index contributed by atoms with van der Waals surface area (Å²) in [7, 11) is 1.68. The average molecular weight is 239 g/mol. The molecule has 1 aromatic carbocycles. The summed E-state index contributed by atoms with van der Waals surface area (Å²) in [4.78, 5) is 0. The maximum absolute atomic E-state index is 9.57. The largest absolute Gasteiger partial charge is 0.508 e. The van der Waals surface area contributed by atoms with E-state index < -0.39 is 0 Å². The van der Waals surface area contributed by atoms with Gasteiger partial charge in [0.25, 0.3) is 0 Å². The van der Waals surface area contributed by atoms with Gasteiger partial charge in [-0.2, -0.15) is 5.10 Å². The molecule has 0 spiro atoms. The van der Waals surface area contributed by atoms with Crippen LogP contribution in [0.5, 0.6) is 11.5 Å². The van der Waals surface area contributed by atoms with Gasteiger partial charge in [0.1, 0.15) is 11.5 Å². The zero-order chi connectivity index (χ0) is 12.1. The standard InChI is InChI=1S/C10H13N3O2S/c1-6(12-13-10(16)11-2)8-4-3-7(14)5-9(8)15/h3-5,14-15H,1-2H3,(H2,11,13,16)/b12-6+. The minimum absolute atomic E-state index is 0.00718. The topological polar surface area (TPSA) is 76.9 Å². The molecular weight excluding hydrogens is 226 g/mol. The zero-order valence-corrected chi connectivity index (χ0v) is 9.80. The fourth-order valence-corrected chi connectivity index (χ4v) is 1.12. The summed E-state index contributed by atoms with van der Waals surface area (Å²) in [6, 6.07) is 4.31. The number of thiocarbonyl (C=S) groups is 1. The molecule has 4 N–H and O–H groups in total. The van der Waals surface area contributed by atoms with Crippen LogP contribution in [0.4, 0.5) is 0 Å². The second-order valence-corrected chi connectivity index (χ2v) is 3.50. The van der Waals surface area contributed by atoms with Crippen molar-refractivity contribution in [3.8, 4) is 11.5 Å². The van der Waals surface area contributed by atoms with Crippen LogP contribution >= 0.6 is 12.2 Å². The molecule has 0 bridgehead atoms. The van der Waals surface area contributed by atoms with E-state index in [2.05, 4.69) is 15.8 Å². The molecule has 0 aliphatic carbocycles. The van der Waals surface area contributed by atoms with Crippen molar-refractivity contribution < 1.29 is 10.2 Å². The molecule has 6 heteroatoms. The molecule has 0 aliphatic rings. The van der Waals surface area contributed by atoms with Gasteiger partial charge in [0.05, 0.1) is 5.71 Å². The van der Waals surface area contributed by atoms with Gasteiger partial charge in [-0.15, -0.1) is 0 Å². The Kier molecular flexibility index (Phi) is 4.07. The number of rotatable bonds is 2. The summed E-state index contributed by atoms with van der Waals surface area (Å²) < 4.78 is 0. The van der Waals surface area contributed by atoms with Crippen LogP contribution in [0.1, 0.15) is 12.5 Å². The predicted octanol–water partition coefficient (Wildman–Crippen LogP) is 0.916. The summed E-state index contributed by atoms with van der Waals surface area (Å²) in [5.41, 5.74) is 3.70. The maximum atomic E-state index is 9.57. The third kappa shape index (κ3) is 3.09. The Hall–Kier alpha value is -1.82. The van der Waals surface area contributed by atoms with E-state index >= 15 is 0 Å². The first-order chi connectivity index (χ1) is 7.54. The van der Waals surface area contributed by atoms with Gasteiger partial charge < -0.3 is 15.5 Å². The lowest BCUT2D eigenvalue weighted by molar-refractivity contribution is 0.450. The molecule has 0 aromatic heterocycles. The number of hydrogen-bond donors (Lipinski definition) is 4. The number of hydrazone groups is 1. The quantitative estimate of drug-likeness (QED) is 0.351. The summed E-state index contributed by atoms with van der Waals surface area (Å²) in [5.74, 6) is -0.0221. The smallest absolute Gasteiger partial charge is 0.186 e. The fourth-order valence-electron chi connectivity index (χ4n) is 1.08. The molecule has 0 aliphatic heterocycles. The van der Waals surface area contributed by atoms with Crippen LogP contribution in [-0.4, -0.2) is 28.1 Å². The number of nitrogens with one attached hydrogen (secondary N) is 2. The Morgan fingerprint density at radius 1 is 1.38 bits per heavy atom. The number of aromatic hydroxyl groups is 2. The third-order valence-corrected chi connectivity index (χ3v) is 2.22. The zero-order valence-electron chi connectivity index (χ0n) is 8.98. The van der Waals surface area contributed by atoms with Crippen molar-refractivity contribution in [1.82, 2.24) is 10.7 Å². The van der Waals surface area contributed by atoms with E-state index in [0.717, 1.165) is 0 Å². The van der Waals surface area contributed by atoms with Crippen molar-refractivity contribution >= 4 is 23.0 Å². The van der Waals surface area contributed by atoms with Gasteiger partial charge in [0.2, 0.25) is 0 Å². The summed E-state index contributed by atoms with van der Waals surface area (Å²) in [5, 5.41) is 25.8. The van der Waals surface area contributed by atoms with Gasteiger partial charge in [-0.05, 0) is 31.3 Å². The van der Waals surface area contributed by atoms with E-state index in [-0.39, 0.29) is 11.5 Å². The number of phenols is 2. The molecular formula is C10H13N3O2S. The molecule has 1 aromatic rings. The predicted molar refractivity (Wildman–Crippen MR) is 66.8 cm³/mol. The van der Waals surface area contributed by atoms with Gasteiger partial charge in [-0.3, -0.25) is 5.43 Å². The van der Waals surface area contributed by atoms with Crippen molar-refractivity contribution in [2.45, 2.75) is 6.92 Å². The molecule has 0 fully saturated rings. The van der Waals surface area contributed by atoms with Crippen LogP contribution < -0.4 is 10.7 Å². The lowest BCUT2D eigenvalue weighted by Crippen LogP contribution is -2.29. The molecule has 86 valence electrons. The van der Waals surface area contributed by atoms with Crippen LogP contribution in [0.2, 0.25) is 0 Å². The molecule has 0 saturated heterocycles. The Bertz CT molecular complexity index is 432. The summed E-state index contributed by atoms with van der Waals surface area (Å²) in [6.07, 6.45) is 0. The summed E-state index contributed by atoms with van der Waals surface area (Å²) >= 11 is 4.85. The minimum atomic E-state index is -0.0292. The lowest BCUT2D eigenvalue weighted by atomic mass is 10.1. The minimum Gasteiger partial charge on any atom is -0.508 e. The van der Waals surface area contributed by atoms with Crippen LogP contribution in [0, 0.1) is 0 Å². The van der Waals surface area contributed by atoms with Gasteiger partial charge in [0, 0.05) is 18.7 Å². The van der Waals surface area contributed by atoms with E-state index in [1.807, 2.05) is 0 Å². The molecule has 0 atom stereocenters. The van der Waals surface area contributed by atoms with Gasteiger partial charge >= 0.3 is 0 Å². The van der Waals surface area contributed by atoms with Crippen molar-refractivity contribution in [2.24, 2.45) is 5.10 Å². The average Bonchev–Trinajstić information content (AvgIpc) is 2.25. The Morgan fingerprint density at radius 3 is 2.62 bits per heavy atom. The molecule has 16 heavy (non-hydrogen) atoms. The van der Waals surface area contributed by atoms with Gasteiger partial charge in [0.15, 0.2) is 5.11 Å². The Morgan fingerprint density at radius 2 is 2.06 bits per heavy atom. The van der Waals surface area contributed by atoms with Gasteiger partial charge in [-0.25, -0.2) is 0 Å². The normalized spacial score (nSPS) is 11.0. The van der Waals surface area contributed by atoms with E-state index in [9.17, 15) is 5.11 Å². The van der Waals surface area contributed by atoms with Crippen LogP contribution in [0.25, 0.3) is 0 Å². The second-order valence-electron chi connectivity index (χ2n) is 3.09.